The number of carbonyl (C=O) groups excluding carboxylic acids is 3. The van der Waals surface area contributed by atoms with Gasteiger partial charge in [0, 0.05) is 24.7 Å². The Morgan fingerprint density at radius 3 is 2.54 bits per heavy atom. The van der Waals surface area contributed by atoms with Gasteiger partial charge in [-0.05, 0) is 81.6 Å². The first-order chi connectivity index (χ1) is 17.9. The number of likely N-dealkylation sites (tertiary alicyclic amines) is 1. The molecule has 1 saturated heterocycles. The van der Waals surface area contributed by atoms with Gasteiger partial charge in [0.25, 0.3) is 0 Å². The van der Waals surface area contributed by atoms with Gasteiger partial charge in [0.15, 0.2) is 5.78 Å². The molecule has 0 aromatic rings. The van der Waals surface area contributed by atoms with Crippen LogP contribution < -0.4 is 12.4 Å². The van der Waals surface area contributed by atoms with E-state index in [4.69, 9.17) is 14.2 Å². The minimum absolute atomic E-state index is 0. The van der Waals surface area contributed by atoms with Crippen LogP contribution >= 0.6 is 0 Å². The third-order valence-electron chi connectivity index (χ3n) is 11.7. The molecule has 9 heteroatoms. The van der Waals surface area contributed by atoms with Crippen LogP contribution in [-0.2, 0) is 23.8 Å². The van der Waals surface area contributed by atoms with Crippen LogP contribution in [0.25, 0.3) is 0 Å². The Balaban J connectivity index is 0.00000353. The summed E-state index contributed by atoms with van der Waals surface area (Å²) in [5.41, 5.74) is -1.34. The fourth-order valence-electron chi connectivity index (χ4n) is 9.30. The molecular weight excluding hydrogens is 522 g/mol. The molecule has 220 valence electrons. The maximum Gasteiger partial charge on any atom is 0.509 e. The molecule has 1 N–H and O–H groups in total. The maximum atomic E-state index is 14.1. The smallest absolute Gasteiger partial charge is 0.509 e. The van der Waals surface area contributed by atoms with E-state index >= 15 is 0 Å². The maximum absolute atomic E-state index is 14.1. The molecule has 8 unspecified atom stereocenters. The Kier molecular flexibility index (Phi) is 8.27. The zero-order valence-corrected chi connectivity index (χ0v) is 24.9. The summed E-state index contributed by atoms with van der Waals surface area (Å²) in [5, 5.41) is 11.8. The van der Waals surface area contributed by atoms with Crippen molar-refractivity contribution in [3.63, 3.8) is 0 Å². The van der Waals surface area contributed by atoms with Crippen LogP contribution in [-0.4, -0.2) is 72.2 Å². The third kappa shape index (κ3) is 4.62. The van der Waals surface area contributed by atoms with Gasteiger partial charge in [-0.3, -0.25) is 9.28 Å². The standard InChI is InChI=1S/C30H46NO7.ClH/c1-6-36-27(35)38-30(26(34)37-18-31(5)15-7-8-19(31)2)14-12-23-22-10-9-20-16-21(32)11-13-28(20,3)25(22)24(33)17-29(23,30)4;/h16,19,22-25,33H,6-15,17-18H2,1-5H3;1H/q+1;/p-1/t19?,22?,23?,24?,25?,28?,29?,30-,31?;/m0./s1. The highest BCUT2D eigenvalue weighted by atomic mass is 35.5. The van der Waals surface area contributed by atoms with Crippen LogP contribution in [0.2, 0.25) is 0 Å². The lowest BCUT2D eigenvalue weighted by Gasteiger charge is -2.60. The number of carbonyl (C=O) groups is 3. The van der Waals surface area contributed by atoms with E-state index in [0.29, 0.717) is 29.8 Å². The Labute approximate surface area is 238 Å². The molecule has 5 aliphatic rings. The van der Waals surface area contributed by atoms with E-state index in [9.17, 15) is 19.5 Å². The lowest BCUT2D eigenvalue weighted by molar-refractivity contribution is -0.935. The molecule has 8 nitrogen and oxygen atoms in total. The summed E-state index contributed by atoms with van der Waals surface area (Å²) in [4.78, 5) is 39.0. The second kappa shape index (κ2) is 10.6. The second-order valence-corrected chi connectivity index (χ2v) is 13.5. The van der Waals surface area contributed by atoms with Crippen molar-refractivity contribution in [1.82, 2.24) is 0 Å². The van der Waals surface area contributed by atoms with Crippen molar-refractivity contribution in [2.24, 2.45) is 28.6 Å². The van der Waals surface area contributed by atoms with Crippen molar-refractivity contribution in [3.8, 4) is 0 Å². The zero-order valence-electron chi connectivity index (χ0n) is 24.2. The van der Waals surface area contributed by atoms with Crippen LogP contribution in [0, 0.1) is 28.6 Å². The summed E-state index contributed by atoms with van der Waals surface area (Å²) in [6.45, 7) is 9.45. The average Bonchev–Trinajstić information content (AvgIpc) is 3.34. The van der Waals surface area contributed by atoms with Crippen LogP contribution in [0.1, 0.15) is 85.5 Å². The number of fused-ring (bicyclic) bond motifs is 5. The van der Waals surface area contributed by atoms with Crippen molar-refractivity contribution < 1.29 is 50.6 Å². The summed E-state index contributed by atoms with van der Waals surface area (Å²) in [6.07, 6.45) is 6.83. The van der Waals surface area contributed by atoms with Crippen LogP contribution in [0.15, 0.2) is 11.6 Å². The quantitative estimate of drug-likeness (QED) is 0.397. The molecule has 0 amide bonds. The summed E-state index contributed by atoms with van der Waals surface area (Å²) >= 11 is 0. The van der Waals surface area contributed by atoms with Gasteiger partial charge in [-0.25, -0.2) is 9.59 Å². The van der Waals surface area contributed by atoms with E-state index in [2.05, 4.69) is 20.9 Å². The van der Waals surface area contributed by atoms with Crippen LogP contribution in [0.4, 0.5) is 4.79 Å². The number of esters is 1. The van der Waals surface area contributed by atoms with Crippen molar-refractivity contribution in [1.29, 1.82) is 0 Å². The molecule has 0 spiro atoms. The number of allylic oxidation sites excluding steroid dienone is 1. The summed E-state index contributed by atoms with van der Waals surface area (Å²) in [5.74, 6) is -0.0594. The van der Waals surface area contributed by atoms with Gasteiger partial charge < -0.3 is 31.7 Å². The van der Waals surface area contributed by atoms with E-state index in [1.165, 1.54) is 5.57 Å². The highest BCUT2D eigenvalue weighted by molar-refractivity contribution is 5.91. The van der Waals surface area contributed by atoms with Crippen molar-refractivity contribution in [2.75, 3.05) is 26.9 Å². The van der Waals surface area contributed by atoms with Crippen molar-refractivity contribution >= 4 is 17.9 Å². The molecule has 4 aliphatic carbocycles. The van der Waals surface area contributed by atoms with Gasteiger partial charge >= 0.3 is 12.1 Å². The number of hydrogen-bond acceptors (Lipinski definition) is 7. The van der Waals surface area contributed by atoms with Crippen LogP contribution in [0.5, 0.6) is 0 Å². The number of hydrogen-bond donors (Lipinski definition) is 1. The Bertz CT molecular complexity index is 1030. The van der Waals surface area contributed by atoms with E-state index in [-0.39, 0.29) is 54.7 Å². The molecule has 0 bridgehead atoms. The lowest BCUT2D eigenvalue weighted by Crippen LogP contribution is -3.00. The molecule has 9 atom stereocenters. The van der Waals surface area contributed by atoms with Crippen molar-refractivity contribution in [3.05, 3.63) is 11.6 Å². The van der Waals surface area contributed by atoms with Gasteiger partial charge in [0.1, 0.15) is 0 Å². The Morgan fingerprint density at radius 1 is 1.13 bits per heavy atom. The number of ketones is 1. The summed E-state index contributed by atoms with van der Waals surface area (Å²) in [7, 11) is 2.11. The number of rotatable bonds is 5. The first-order valence-electron chi connectivity index (χ1n) is 14.7. The molecule has 0 aromatic carbocycles. The van der Waals surface area contributed by atoms with Crippen molar-refractivity contribution in [2.45, 2.75) is 103 Å². The van der Waals surface area contributed by atoms with Gasteiger partial charge in [-0.1, -0.05) is 19.4 Å². The summed E-state index contributed by atoms with van der Waals surface area (Å²) in [6, 6.07) is 0.390. The minimum Gasteiger partial charge on any atom is -1.00 e. The normalized spacial score (nSPS) is 44.7. The second-order valence-electron chi connectivity index (χ2n) is 13.5. The minimum atomic E-state index is -1.50. The molecule has 3 saturated carbocycles. The SMILES string of the molecule is CCOC(=O)O[C@]1(C(=O)OC[N+]2(C)CCCC2C)CCC2C3CCC4=CC(=O)CCC4(C)C3C(O)CC21C.[Cl-]. The summed E-state index contributed by atoms with van der Waals surface area (Å²) < 4.78 is 17.9. The number of halogens is 1. The topological polar surface area (TPSA) is 99.1 Å². The van der Waals surface area contributed by atoms with E-state index in [1.54, 1.807) is 6.92 Å². The fraction of sp³-hybridized carbons (Fsp3) is 0.833. The number of quaternary nitrogens is 1. The molecule has 0 aromatic heterocycles. The number of aliphatic hydroxyl groups excluding tert-OH is 1. The lowest BCUT2D eigenvalue weighted by atomic mass is 9.45. The Morgan fingerprint density at radius 2 is 1.87 bits per heavy atom. The molecule has 1 aliphatic heterocycles. The van der Waals surface area contributed by atoms with Gasteiger partial charge in [-0.2, -0.15) is 0 Å². The number of aliphatic hydroxyl groups is 1. The first-order valence-corrected chi connectivity index (χ1v) is 14.7. The molecule has 0 radical (unpaired) electrons. The van der Waals surface area contributed by atoms with Gasteiger partial charge in [0.2, 0.25) is 12.3 Å². The molecular formula is C30H46ClNO7. The Hall–Kier alpha value is -1.64. The van der Waals surface area contributed by atoms with E-state index in [1.807, 2.05) is 13.0 Å². The largest absolute Gasteiger partial charge is 1.00 e. The number of nitrogens with zero attached hydrogens (tertiary/aromatic N) is 1. The van der Waals surface area contributed by atoms with E-state index < -0.39 is 29.2 Å². The monoisotopic (exact) mass is 567 g/mol. The van der Waals surface area contributed by atoms with Crippen LogP contribution in [0.3, 0.4) is 0 Å². The average molecular weight is 568 g/mol. The highest BCUT2D eigenvalue weighted by Crippen LogP contribution is 2.68. The highest BCUT2D eigenvalue weighted by Gasteiger charge is 2.72. The van der Waals surface area contributed by atoms with Gasteiger partial charge in [-0.15, -0.1) is 0 Å². The zero-order chi connectivity index (χ0) is 27.5. The number of ether oxygens (including phenoxy) is 3. The van der Waals surface area contributed by atoms with E-state index in [0.717, 1.165) is 45.1 Å². The molecule has 4 fully saturated rings. The predicted molar refractivity (Wildman–Crippen MR) is 140 cm³/mol. The third-order valence-corrected chi connectivity index (χ3v) is 11.7. The molecule has 1 heterocycles. The first kappa shape index (κ1) is 30.3. The molecule has 39 heavy (non-hydrogen) atoms. The molecule has 5 rings (SSSR count). The predicted octanol–water partition coefficient (Wildman–Crippen LogP) is 1.53. The fourth-order valence-corrected chi connectivity index (χ4v) is 9.30. The van der Waals surface area contributed by atoms with Gasteiger partial charge in [0.05, 0.1) is 32.3 Å².